The van der Waals surface area contributed by atoms with Gasteiger partial charge in [0.05, 0.1) is 23.2 Å². The summed E-state index contributed by atoms with van der Waals surface area (Å²) >= 11 is 1.39. The second kappa shape index (κ2) is 11.9. The van der Waals surface area contributed by atoms with E-state index < -0.39 is 0 Å². The molecule has 0 atom stereocenters. The van der Waals surface area contributed by atoms with Crippen LogP contribution in [0.5, 0.6) is 11.6 Å². The predicted octanol–water partition coefficient (Wildman–Crippen LogP) is 5.82. The average Bonchev–Trinajstić information content (AvgIpc) is 3.29. The number of anilines is 1. The Bertz CT molecular complexity index is 1350. The van der Waals surface area contributed by atoms with E-state index in [1.54, 1.807) is 10.9 Å². The van der Waals surface area contributed by atoms with Crippen molar-refractivity contribution in [3.05, 3.63) is 77.6 Å². The first-order chi connectivity index (χ1) is 17.9. The first-order valence-electron chi connectivity index (χ1n) is 12.3. The summed E-state index contributed by atoms with van der Waals surface area (Å²) in [5, 5.41) is 4.20. The lowest BCUT2D eigenvalue weighted by atomic mass is 10.00. The molecule has 0 saturated carbocycles. The molecule has 0 saturated heterocycles. The second-order valence-corrected chi connectivity index (χ2v) is 9.60. The highest BCUT2D eigenvalue weighted by atomic mass is 32.2. The summed E-state index contributed by atoms with van der Waals surface area (Å²) in [6.45, 7) is 9.54. The van der Waals surface area contributed by atoms with E-state index in [1.807, 2.05) is 68.4 Å². The molecule has 0 spiro atoms. The van der Waals surface area contributed by atoms with Crippen LogP contribution in [0.15, 0.2) is 65.8 Å². The summed E-state index contributed by atoms with van der Waals surface area (Å²) in [6, 6.07) is 15.6. The van der Waals surface area contributed by atoms with Crippen LogP contribution in [-0.4, -0.2) is 43.6 Å². The number of aryl methyl sites for hydroxylation is 3. The molecule has 4 rings (SSSR count). The number of likely N-dealkylation sites (N-methyl/N-ethyl adjacent to an activating group) is 1. The smallest absolute Gasteiger partial charge is 0.237 e. The van der Waals surface area contributed by atoms with Gasteiger partial charge in [-0.3, -0.25) is 14.2 Å². The third-order valence-electron chi connectivity index (χ3n) is 6.00. The van der Waals surface area contributed by atoms with Gasteiger partial charge in [-0.15, -0.1) is 0 Å². The summed E-state index contributed by atoms with van der Waals surface area (Å²) in [7, 11) is 1.87. The molecule has 8 nitrogen and oxygen atoms in total. The van der Waals surface area contributed by atoms with Gasteiger partial charge in [-0.2, -0.15) is 10.1 Å². The summed E-state index contributed by atoms with van der Waals surface area (Å²) in [4.78, 5) is 24.6. The maximum atomic E-state index is 12.4. The number of amides is 1. The molecule has 2 heterocycles. The van der Waals surface area contributed by atoms with Crippen molar-refractivity contribution in [1.29, 1.82) is 0 Å². The molecule has 1 N–H and O–H groups in total. The van der Waals surface area contributed by atoms with Gasteiger partial charge in [-0.25, -0.2) is 4.98 Å². The summed E-state index contributed by atoms with van der Waals surface area (Å²) in [5.41, 5.74) is 5.01. The number of ether oxygens (including phenoxy) is 1. The normalized spacial score (nSPS) is 10.8. The van der Waals surface area contributed by atoms with Crippen LogP contribution in [0.4, 0.5) is 5.95 Å². The van der Waals surface area contributed by atoms with Gasteiger partial charge in [-0.1, -0.05) is 30.3 Å². The van der Waals surface area contributed by atoms with Crippen LogP contribution in [0.3, 0.4) is 0 Å². The number of carbonyl (C=O) groups excluding carboxylic acids is 1. The highest BCUT2D eigenvalue weighted by Crippen LogP contribution is 2.31. The van der Waals surface area contributed by atoms with E-state index in [-0.39, 0.29) is 5.91 Å². The van der Waals surface area contributed by atoms with Crippen LogP contribution in [0.1, 0.15) is 30.5 Å². The molecule has 0 radical (unpaired) electrons. The minimum absolute atomic E-state index is 0.120. The van der Waals surface area contributed by atoms with Gasteiger partial charge >= 0.3 is 0 Å². The maximum Gasteiger partial charge on any atom is 0.237 e. The zero-order valence-electron chi connectivity index (χ0n) is 21.9. The lowest BCUT2D eigenvalue weighted by Crippen LogP contribution is -2.31. The second-order valence-electron chi connectivity index (χ2n) is 8.72. The van der Waals surface area contributed by atoms with Gasteiger partial charge in [0.15, 0.2) is 0 Å². The third kappa shape index (κ3) is 6.68. The Hall–Kier alpha value is -3.85. The maximum absolute atomic E-state index is 12.4. The molecule has 2 aromatic heterocycles. The number of rotatable bonds is 10. The van der Waals surface area contributed by atoms with Crippen LogP contribution >= 0.6 is 11.9 Å². The molecule has 0 bridgehead atoms. The van der Waals surface area contributed by atoms with Crippen molar-refractivity contribution in [1.82, 2.24) is 24.6 Å². The lowest BCUT2D eigenvalue weighted by molar-refractivity contribution is -0.130. The quantitative estimate of drug-likeness (QED) is 0.266. The van der Waals surface area contributed by atoms with Gasteiger partial charge in [0.2, 0.25) is 17.7 Å². The Balaban J connectivity index is 1.58. The van der Waals surface area contributed by atoms with Crippen molar-refractivity contribution >= 4 is 23.8 Å². The molecular weight excluding hydrogens is 484 g/mol. The first-order valence-corrected chi connectivity index (χ1v) is 13.1. The molecule has 2 aromatic carbocycles. The van der Waals surface area contributed by atoms with Crippen molar-refractivity contribution in [2.24, 2.45) is 7.05 Å². The average molecular weight is 517 g/mol. The summed E-state index contributed by atoms with van der Waals surface area (Å²) in [6.07, 6.45) is 4.06. The minimum atomic E-state index is 0.120. The molecule has 1 amide bonds. The molecule has 4 aromatic rings. The third-order valence-corrected chi connectivity index (χ3v) is 6.73. The molecule has 0 aliphatic carbocycles. The van der Waals surface area contributed by atoms with Crippen molar-refractivity contribution in [2.75, 3.05) is 17.8 Å². The predicted molar refractivity (Wildman–Crippen MR) is 148 cm³/mol. The first kappa shape index (κ1) is 26.2. The Labute approximate surface area is 222 Å². The number of aromatic nitrogens is 4. The van der Waals surface area contributed by atoms with Gasteiger partial charge < -0.3 is 9.64 Å². The van der Waals surface area contributed by atoms with E-state index in [9.17, 15) is 4.79 Å². The van der Waals surface area contributed by atoms with Crippen molar-refractivity contribution in [3.63, 3.8) is 0 Å². The Morgan fingerprint density at radius 3 is 2.38 bits per heavy atom. The number of hydrogen-bond donors (Lipinski definition) is 1. The van der Waals surface area contributed by atoms with E-state index in [0.717, 1.165) is 32.8 Å². The molecule has 192 valence electrons. The minimum Gasteiger partial charge on any atom is -0.439 e. The largest absolute Gasteiger partial charge is 0.439 e. The molecule has 9 heteroatoms. The number of benzene rings is 2. The van der Waals surface area contributed by atoms with E-state index in [2.05, 4.69) is 40.8 Å². The molecular formula is C28H32N6O2S. The van der Waals surface area contributed by atoms with E-state index in [0.29, 0.717) is 37.1 Å². The standard InChI is InChI=1S/C28H32N6O2S/c1-6-34(7-2)26(35)15-21-11-13-22(14-12-21)36-25-16-24(27-19(3)9-8-10-20(27)4)30-28(31-25)32-37-23-17-29-33(5)18-23/h8-14,16-18H,6-7,15H2,1-5H3,(H,30,31,32). The molecule has 0 fully saturated rings. The number of hydrogen-bond acceptors (Lipinski definition) is 7. The van der Waals surface area contributed by atoms with Crippen LogP contribution < -0.4 is 9.46 Å². The zero-order valence-corrected chi connectivity index (χ0v) is 22.7. The Morgan fingerprint density at radius 1 is 1.05 bits per heavy atom. The number of nitrogens with one attached hydrogen (secondary N) is 1. The molecule has 0 unspecified atom stereocenters. The molecule has 0 aliphatic rings. The Morgan fingerprint density at radius 2 is 1.76 bits per heavy atom. The summed E-state index contributed by atoms with van der Waals surface area (Å²) in [5.74, 6) is 1.62. The van der Waals surface area contributed by atoms with Gasteiger partial charge in [0.1, 0.15) is 5.75 Å². The van der Waals surface area contributed by atoms with Crippen molar-refractivity contribution < 1.29 is 9.53 Å². The van der Waals surface area contributed by atoms with Crippen molar-refractivity contribution in [3.8, 4) is 22.9 Å². The fourth-order valence-electron chi connectivity index (χ4n) is 4.08. The lowest BCUT2D eigenvalue weighted by Gasteiger charge is -2.18. The monoisotopic (exact) mass is 516 g/mol. The number of nitrogens with zero attached hydrogens (tertiary/aromatic N) is 5. The van der Waals surface area contributed by atoms with Crippen LogP contribution in [-0.2, 0) is 18.3 Å². The molecule has 37 heavy (non-hydrogen) atoms. The fraction of sp³-hybridized carbons (Fsp3) is 0.286. The van der Waals surface area contributed by atoms with Crippen LogP contribution in [0, 0.1) is 13.8 Å². The van der Waals surface area contributed by atoms with Crippen LogP contribution in [0.25, 0.3) is 11.3 Å². The van der Waals surface area contributed by atoms with E-state index in [1.165, 1.54) is 11.9 Å². The fourth-order valence-corrected chi connectivity index (χ4v) is 4.69. The highest BCUT2D eigenvalue weighted by Gasteiger charge is 2.14. The van der Waals surface area contributed by atoms with E-state index >= 15 is 0 Å². The summed E-state index contributed by atoms with van der Waals surface area (Å²) < 4.78 is 11.1. The highest BCUT2D eigenvalue weighted by molar-refractivity contribution is 8.00. The van der Waals surface area contributed by atoms with Crippen LogP contribution in [0.2, 0.25) is 0 Å². The van der Waals surface area contributed by atoms with Gasteiger partial charge in [-0.05, 0) is 68.5 Å². The zero-order chi connectivity index (χ0) is 26.4. The van der Waals surface area contributed by atoms with Gasteiger partial charge in [0, 0.05) is 38.0 Å². The van der Waals surface area contributed by atoms with Crippen molar-refractivity contribution in [2.45, 2.75) is 39.0 Å². The number of carbonyl (C=O) groups is 1. The van der Waals surface area contributed by atoms with Gasteiger partial charge in [0.25, 0.3) is 0 Å². The van der Waals surface area contributed by atoms with E-state index in [4.69, 9.17) is 9.72 Å². The Kier molecular flexibility index (Phi) is 8.45. The molecule has 0 aliphatic heterocycles. The topological polar surface area (TPSA) is 85.2 Å². The SMILES string of the molecule is CCN(CC)C(=O)Cc1ccc(Oc2cc(-c3c(C)cccc3C)nc(NSc3cnn(C)c3)n2)cc1.